The second-order valence-corrected chi connectivity index (χ2v) is 5.80. The monoisotopic (exact) mass is 239 g/mol. The molecule has 0 aromatic carbocycles. The summed E-state index contributed by atoms with van der Waals surface area (Å²) in [6.45, 7) is 10.7. The largest absolute Gasteiger partial charge is 0.313 e. The molecule has 0 bridgehead atoms. The summed E-state index contributed by atoms with van der Waals surface area (Å²) in [5.74, 6) is 0.967. The van der Waals surface area contributed by atoms with E-state index in [0.717, 1.165) is 24.5 Å². The summed E-state index contributed by atoms with van der Waals surface area (Å²) in [4.78, 5) is 5.20. The molecule has 2 aliphatic rings. The van der Waals surface area contributed by atoms with Crippen LogP contribution in [0.4, 0.5) is 0 Å². The lowest BCUT2D eigenvalue weighted by Crippen LogP contribution is -2.54. The maximum Gasteiger partial charge on any atom is 0.0223 e. The highest BCUT2D eigenvalue weighted by Gasteiger charge is 2.33. The van der Waals surface area contributed by atoms with Gasteiger partial charge in [0.05, 0.1) is 0 Å². The first kappa shape index (κ1) is 13.3. The summed E-state index contributed by atoms with van der Waals surface area (Å²) in [5.41, 5.74) is 0. The van der Waals surface area contributed by atoms with Gasteiger partial charge in [-0.05, 0) is 38.8 Å². The van der Waals surface area contributed by atoms with Crippen LogP contribution in [0.2, 0.25) is 0 Å². The van der Waals surface area contributed by atoms with E-state index in [1.165, 1.54) is 45.4 Å². The summed E-state index contributed by atoms with van der Waals surface area (Å²) in [7, 11) is 2.27. The highest BCUT2D eigenvalue weighted by atomic mass is 15.3. The average Bonchev–Trinajstić information content (AvgIpc) is 3.15. The first-order valence-electron chi connectivity index (χ1n) is 7.40. The Balaban J connectivity index is 1.80. The van der Waals surface area contributed by atoms with Crippen LogP contribution in [0.3, 0.4) is 0 Å². The number of likely N-dealkylation sites (N-methyl/N-ethyl adjacent to an activating group) is 2. The zero-order chi connectivity index (χ0) is 12.3. The molecule has 1 aliphatic carbocycles. The minimum Gasteiger partial charge on any atom is -0.313 e. The van der Waals surface area contributed by atoms with Crippen molar-refractivity contribution in [3.63, 3.8) is 0 Å². The van der Waals surface area contributed by atoms with Gasteiger partial charge in [0.1, 0.15) is 0 Å². The standard InChI is InChI=1S/C14H29N3/c1-4-13-10-17(9-8-16(13)3)11-14(15-5-2)12-6-7-12/h12-15H,4-11H2,1-3H3. The second-order valence-electron chi connectivity index (χ2n) is 5.80. The Morgan fingerprint density at radius 1 is 1.24 bits per heavy atom. The maximum absolute atomic E-state index is 3.68. The van der Waals surface area contributed by atoms with E-state index in [9.17, 15) is 0 Å². The summed E-state index contributed by atoms with van der Waals surface area (Å²) >= 11 is 0. The van der Waals surface area contributed by atoms with Gasteiger partial charge in [-0.25, -0.2) is 0 Å². The highest BCUT2D eigenvalue weighted by molar-refractivity contribution is 4.90. The van der Waals surface area contributed by atoms with E-state index >= 15 is 0 Å². The van der Waals surface area contributed by atoms with E-state index in [2.05, 4.69) is 36.0 Å². The van der Waals surface area contributed by atoms with E-state index < -0.39 is 0 Å². The van der Waals surface area contributed by atoms with Crippen molar-refractivity contribution in [2.45, 2.75) is 45.2 Å². The smallest absolute Gasteiger partial charge is 0.0223 e. The third-order valence-corrected chi connectivity index (χ3v) is 4.44. The molecule has 17 heavy (non-hydrogen) atoms. The van der Waals surface area contributed by atoms with Crippen LogP contribution in [0.1, 0.15) is 33.1 Å². The number of hydrogen-bond donors (Lipinski definition) is 1. The molecule has 3 nitrogen and oxygen atoms in total. The van der Waals surface area contributed by atoms with Crippen molar-refractivity contribution in [2.24, 2.45) is 5.92 Å². The third kappa shape index (κ3) is 3.67. The zero-order valence-corrected chi connectivity index (χ0v) is 11.8. The summed E-state index contributed by atoms with van der Waals surface area (Å²) in [6, 6.07) is 1.52. The van der Waals surface area contributed by atoms with Gasteiger partial charge in [-0.15, -0.1) is 0 Å². The minimum atomic E-state index is 0.751. The van der Waals surface area contributed by atoms with Gasteiger partial charge in [0.2, 0.25) is 0 Å². The Morgan fingerprint density at radius 2 is 2.00 bits per heavy atom. The van der Waals surface area contributed by atoms with Crippen LogP contribution < -0.4 is 5.32 Å². The molecule has 100 valence electrons. The molecule has 2 fully saturated rings. The Bertz CT molecular complexity index is 228. The van der Waals surface area contributed by atoms with Gasteiger partial charge in [0, 0.05) is 38.3 Å². The van der Waals surface area contributed by atoms with Gasteiger partial charge >= 0.3 is 0 Å². The summed E-state index contributed by atoms with van der Waals surface area (Å²) < 4.78 is 0. The van der Waals surface area contributed by atoms with Gasteiger partial charge in [0.15, 0.2) is 0 Å². The Morgan fingerprint density at radius 3 is 2.59 bits per heavy atom. The predicted octanol–water partition coefficient (Wildman–Crippen LogP) is 1.40. The molecule has 1 N–H and O–H groups in total. The van der Waals surface area contributed by atoms with E-state index in [4.69, 9.17) is 0 Å². The van der Waals surface area contributed by atoms with Gasteiger partial charge in [-0.3, -0.25) is 4.90 Å². The first-order valence-corrected chi connectivity index (χ1v) is 7.40. The molecule has 0 aromatic rings. The molecule has 1 aliphatic heterocycles. The molecule has 2 atom stereocenters. The van der Waals surface area contributed by atoms with Gasteiger partial charge < -0.3 is 10.2 Å². The van der Waals surface area contributed by atoms with Crippen LogP contribution in [0.5, 0.6) is 0 Å². The topological polar surface area (TPSA) is 18.5 Å². The van der Waals surface area contributed by atoms with Crippen LogP contribution in [0, 0.1) is 5.92 Å². The molecule has 1 saturated heterocycles. The van der Waals surface area contributed by atoms with Crippen molar-refractivity contribution in [3.8, 4) is 0 Å². The van der Waals surface area contributed by atoms with Crippen molar-refractivity contribution in [2.75, 3.05) is 39.8 Å². The first-order chi connectivity index (χ1) is 8.24. The van der Waals surface area contributed by atoms with Crippen molar-refractivity contribution in [3.05, 3.63) is 0 Å². The molecule has 2 rings (SSSR count). The lowest BCUT2D eigenvalue weighted by Gasteiger charge is -2.40. The minimum absolute atomic E-state index is 0.751. The second kappa shape index (κ2) is 6.17. The van der Waals surface area contributed by atoms with E-state index in [1.807, 2.05) is 0 Å². The SMILES string of the molecule is CCNC(CN1CCN(C)C(CC)C1)C1CC1. The highest BCUT2D eigenvalue weighted by Crippen LogP contribution is 2.33. The molecule has 0 aromatic heterocycles. The number of rotatable bonds is 6. The normalized spacial score (nSPS) is 29.5. The van der Waals surface area contributed by atoms with E-state index in [-0.39, 0.29) is 0 Å². The van der Waals surface area contributed by atoms with Crippen LogP contribution in [-0.2, 0) is 0 Å². The quantitative estimate of drug-likeness (QED) is 0.756. The third-order valence-electron chi connectivity index (χ3n) is 4.44. The lowest BCUT2D eigenvalue weighted by molar-refractivity contribution is 0.0840. The van der Waals surface area contributed by atoms with Gasteiger partial charge in [-0.1, -0.05) is 13.8 Å². The number of nitrogens with one attached hydrogen (secondary N) is 1. The average molecular weight is 239 g/mol. The van der Waals surface area contributed by atoms with Crippen LogP contribution >= 0.6 is 0 Å². The van der Waals surface area contributed by atoms with Crippen molar-refractivity contribution >= 4 is 0 Å². The fraction of sp³-hybridized carbons (Fsp3) is 1.00. The van der Waals surface area contributed by atoms with Crippen LogP contribution in [0.15, 0.2) is 0 Å². The van der Waals surface area contributed by atoms with Gasteiger partial charge in [-0.2, -0.15) is 0 Å². The molecule has 3 heteroatoms. The van der Waals surface area contributed by atoms with Gasteiger partial charge in [0.25, 0.3) is 0 Å². The fourth-order valence-electron chi connectivity index (χ4n) is 3.04. The number of hydrogen-bond acceptors (Lipinski definition) is 3. The lowest BCUT2D eigenvalue weighted by atomic mass is 10.1. The van der Waals surface area contributed by atoms with Crippen LogP contribution in [-0.4, -0.2) is 61.7 Å². The molecule has 2 unspecified atom stereocenters. The zero-order valence-electron chi connectivity index (χ0n) is 11.8. The molecule has 0 amide bonds. The Kier molecular flexibility index (Phi) is 4.83. The fourth-order valence-corrected chi connectivity index (χ4v) is 3.04. The van der Waals surface area contributed by atoms with Crippen LogP contribution in [0.25, 0.3) is 0 Å². The number of nitrogens with zero attached hydrogens (tertiary/aromatic N) is 2. The number of piperazine rings is 1. The van der Waals surface area contributed by atoms with E-state index in [1.54, 1.807) is 0 Å². The molecule has 1 heterocycles. The molecular weight excluding hydrogens is 210 g/mol. The summed E-state index contributed by atoms with van der Waals surface area (Å²) in [5, 5.41) is 3.68. The predicted molar refractivity (Wildman–Crippen MR) is 73.3 cm³/mol. The van der Waals surface area contributed by atoms with Crippen molar-refractivity contribution < 1.29 is 0 Å². The van der Waals surface area contributed by atoms with E-state index in [0.29, 0.717) is 0 Å². The molecular formula is C14H29N3. The molecule has 0 spiro atoms. The molecule has 1 saturated carbocycles. The van der Waals surface area contributed by atoms with Crippen molar-refractivity contribution in [1.82, 2.24) is 15.1 Å². The summed E-state index contributed by atoms with van der Waals surface area (Å²) in [6.07, 6.45) is 4.17. The van der Waals surface area contributed by atoms with Crippen molar-refractivity contribution in [1.29, 1.82) is 0 Å². The molecule has 0 radical (unpaired) electrons. The maximum atomic E-state index is 3.68. The Labute approximate surface area is 107 Å². The Hall–Kier alpha value is -0.120.